The van der Waals surface area contributed by atoms with Gasteiger partial charge in [0, 0.05) is 15.6 Å². The maximum Gasteiger partial charge on any atom is 0.129 e. The van der Waals surface area contributed by atoms with Gasteiger partial charge in [0.2, 0.25) is 0 Å². The van der Waals surface area contributed by atoms with Crippen molar-refractivity contribution in [3.05, 3.63) is 63.9 Å². The van der Waals surface area contributed by atoms with Crippen LogP contribution in [-0.2, 0) is 6.61 Å². The molecule has 0 heterocycles. The van der Waals surface area contributed by atoms with Gasteiger partial charge in [-0.1, -0.05) is 41.1 Å². The van der Waals surface area contributed by atoms with Crippen molar-refractivity contribution < 1.29 is 14.2 Å². The molecule has 0 aromatic heterocycles. The smallest absolute Gasteiger partial charge is 0.129 e. The summed E-state index contributed by atoms with van der Waals surface area (Å²) in [5.74, 6) is 0.281. The molecule has 2 aromatic rings. The minimum atomic E-state index is -0.571. The van der Waals surface area contributed by atoms with Gasteiger partial charge in [-0.3, -0.25) is 0 Å². The van der Waals surface area contributed by atoms with E-state index in [-0.39, 0.29) is 12.4 Å². The first-order valence-electron chi connectivity index (χ1n) is 6.45. The maximum absolute atomic E-state index is 13.6. The zero-order chi connectivity index (χ0) is 14.5. The molecule has 1 N–H and O–H groups in total. The van der Waals surface area contributed by atoms with E-state index in [9.17, 15) is 9.50 Å². The summed E-state index contributed by atoms with van der Waals surface area (Å²) in [6.07, 6.45) is 0.0320. The van der Waals surface area contributed by atoms with Crippen LogP contribution in [0.25, 0.3) is 0 Å². The van der Waals surface area contributed by atoms with Gasteiger partial charge in [-0.15, -0.1) is 0 Å². The van der Waals surface area contributed by atoms with Gasteiger partial charge in [-0.2, -0.15) is 0 Å². The van der Waals surface area contributed by atoms with Gasteiger partial charge < -0.3 is 9.84 Å². The van der Waals surface area contributed by atoms with Crippen molar-refractivity contribution in [1.29, 1.82) is 0 Å². The third-order valence-corrected chi connectivity index (χ3v) is 3.55. The van der Waals surface area contributed by atoms with Crippen molar-refractivity contribution in [2.24, 2.45) is 0 Å². The maximum atomic E-state index is 13.6. The van der Waals surface area contributed by atoms with Gasteiger partial charge in [0.15, 0.2) is 0 Å². The highest BCUT2D eigenvalue weighted by Gasteiger charge is 2.12. The Morgan fingerprint density at radius 1 is 1.25 bits per heavy atom. The van der Waals surface area contributed by atoms with Crippen molar-refractivity contribution in [3.8, 4) is 5.75 Å². The van der Waals surface area contributed by atoms with E-state index in [0.717, 1.165) is 10.0 Å². The van der Waals surface area contributed by atoms with E-state index in [0.29, 0.717) is 17.7 Å². The highest BCUT2D eigenvalue weighted by molar-refractivity contribution is 9.10. The second-order valence-electron chi connectivity index (χ2n) is 4.49. The Hall–Kier alpha value is -1.39. The molecule has 0 unspecified atom stereocenters. The molecule has 0 saturated carbocycles. The minimum absolute atomic E-state index is 0.124. The van der Waals surface area contributed by atoms with Crippen LogP contribution < -0.4 is 4.74 Å². The van der Waals surface area contributed by atoms with E-state index in [1.807, 2.05) is 25.1 Å². The molecule has 0 saturated heterocycles. The molecule has 0 amide bonds. The molecule has 0 bridgehead atoms. The zero-order valence-electron chi connectivity index (χ0n) is 11.1. The molecular formula is C16H16BrFO2. The van der Waals surface area contributed by atoms with E-state index in [1.165, 1.54) is 6.07 Å². The molecule has 0 aliphatic heterocycles. The van der Waals surface area contributed by atoms with Crippen molar-refractivity contribution in [2.75, 3.05) is 0 Å². The van der Waals surface area contributed by atoms with Crippen molar-refractivity contribution in [2.45, 2.75) is 26.1 Å². The second kappa shape index (κ2) is 6.86. The fourth-order valence-corrected chi connectivity index (χ4v) is 2.33. The normalized spacial score (nSPS) is 12.2. The van der Waals surface area contributed by atoms with Gasteiger partial charge in [0.1, 0.15) is 18.2 Å². The predicted octanol–water partition coefficient (Wildman–Crippen LogP) is 4.61. The van der Waals surface area contributed by atoms with E-state index in [1.54, 1.807) is 18.2 Å². The first kappa shape index (κ1) is 15.0. The van der Waals surface area contributed by atoms with Gasteiger partial charge in [0.05, 0.1) is 6.10 Å². The predicted molar refractivity (Wildman–Crippen MR) is 80.1 cm³/mol. The van der Waals surface area contributed by atoms with Crippen LogP contribution in [0.3, 0.4) is 0 Å². The lowest BCUT2D eigenvalue weighted by molar-refractivity contribution is 0.166. The topological polar surface area (TPSA) is 29.5 Å². The summed E-state index contributed by atoms with van der Waals surface area (Å²) in [7, 11) is 0. The number of ether oxygens (including phenoxy) is 1. The van der Waals surface area contributed by atoms with E-state index in [4.69, 9.17) is 4.74 Å². The average molecular weight is 339 g/mol. The molecule has 0 aliphatic carbocycles. The van der Waals surface area contributed by atoms with Crippen LogP contribution in [0.5, 0.6) is 5.75 Å². The van der Waals surface area contributed by atoms with Crippen LogP contribution in [0.4, 0.5) is 4.39 Å². The Labute approximate surface area is 126 Å². The summed E-state index contributed by atoms with van der Waals surface area (Å²) in [5.41, 5.74) is 1.20. The fraction of sp³-hybridized carbons (Fsp3) is 0.250. The van der Waals surface area contributed by atoms with Gasteiger partial charge in [-0.25, -0.2) is 4.39 Å². The van der Waals surface area contributed by atoms with Crippen LogP contribution in [0.1, 0.15) is 30.6 Å². The quantitative estimate of drug-likeness (QED) is 0.862. The van der Waals surface area contributed by atoms with E-state index >= 15 is 0 Å². The number of para-hydroxylation sites is 1. The van der Waals surface area contributed by atoms with Crippen LogP contribution in [-0.4, -0.2) is 5.11 Å². The molecule has 106 valence electrons. The molecule has 4 heteroatoms. The lowest BCUT2D eigenvalue weighted by atomic mass is 10.1. The Balaban J connectivity index is 2.17. The van der Waals surface area contributed by atoms with Crippen LogP contribution in [0.2, 0.25) is 0 Å². The molecule has 2 nitrogen and oxygen atoms in total. The zero-order valence-corrected chi connectivity index (χ0v) is 12.7. The molecule has 0 fully saturated rings. The monoisotopic (exact) mass is 338 g/mol. The first-order valence-corrected chi connectivity index (χ1v) is 7.24. The summed E-state index contributed by atoms with van der Waals surface area (Å²) < 4.78 is 20.1. The molecule has 0 spiro atoms. The van der Waals surface area contributed by atoms with Crippen LogP contribution >= 0.6 is 15.9 Å². The summed E-state index contributed by atoms with van der Waals surface area (Å²) >= 11 is 3.31. The Kier molecular flexibility index (Phi) is 5.15. The third-order valence-electron chi connectivity index (χ3n) is 3.06. The Morgan fingerprint density at radius 3 is 2.75 bits per heavy atom. The summed E-state index contributed by atoms with van der Waals surface area (Å²) in [5, 5.41) is 9.94. The highest BCUT2D eigenvalue weighted by Crippen LogP contribution is 2.28. The highest BCUT2D eigenvalue weighted by atomic mass is 79.9. The molecule has 1 atom stereocenters. The standard InChI is InChI=1S/C16H16BrFO2/c1-2-15(19)13-5-3-4-6-16(13)20-10-11-9-12(17)7-8-14(11)18/h3-9,15,19H,2,10H2,1H3/t15-/m0/s1. The number of rotatable bonds is 5. The number of halogens is 2. The summed E-state index contributed by atoms with van der Waals surface area (Å²) in [4.78, 5) is 0. The Bertz CT molecular complexity index is 586. The number of aliphatic hydroxyl groups excluding tert-OH is 1. The van der Waals surface area contributed by atoms with Crippen molar-refractivity contribution in [1.82, 2.24) is 0 Å². The Morgan fingerprint density at radius 2 is 2.00 bits per heavy atom. The average Bonchev–Trinajstić information content (AvgIpc) is 2.47. The number of benzene rings is 2. The molecule has 2 aromatic carbocycles. The number of aliphatic hydroxyl groups is 1. The third kappa shape index (κ3) is 3.58. The summed E-state index contributed by atoms with van der Waals surface area (Å²) in [6, 6.07) is 12.0. The fourth-order valence-electron chi connectivity index (χ4n) is 1.92. The lowest BCUT2D eigenvalue weighted by Crippen LogP contribution is -2.03. The van der Waals surface area contributed by atoms with Crippen molar-refractivity contribution >= 4 is 15.9 Å². The lowest BCUT2D eigenvalue weighted by Gasteiger charge is -2.15. The molecule has 0 aliphatic rings. The van der Waals surface area contributed by atoms with Gasteiger partial charge >= 0.3 is 0 Å². The van der Waals surface area contributed by atoms with Gasteiger partial charge in [-0.05, 0) is 30.7 Å². The van der Waals surface area contributed by atoms with Crippen molar-refractivity contribution in [3.63, 3.8) is 0 Å². The molecular weight excluding hydrogens is 323 g/mol. The van der Waals surface area contributed by atoms with E-state index < -0.39 is 6.10 Å². The molecule has 0 radical (unpaired) electrons. The van der Waals surface area contributed by atoms with E-state index in [2.05, 4.69) is 15.9 Å². The van der Waals surface area contributed by atoms with Crippen LogP contribution in [0.15, 0.2) is 46.9 Å². The van der Waals surface area contributed by atoms with Crippen LogP contribution in [0, 0.1) is 5.82 Å². The molecule has 2 rings (SSSR count). The van der Waals surface area contributed by atoms with Gasteiger partial charge in [0.25, 0.3) is 0 Å². The minimum Gasteiger partial charge on any atom is -0.488 e. The SMILES string of the molecule is CC[C@H](O)c1ccccc1OCc1cc(Br)ccc1F. The largest absolute Gasteiger partial charge is 0.488 e. The molecule has 20 heavy (non-hydrogen) atoms. The first-order chi connectivity index (χ1) is 9.61. The second-order valence-corrected chi connectivity index (χ2v) is 5.40. The summed E-state index contributed by atoms with van der Waals surface area (Å²) in [6.45, 7) is 2.02. The number of hydrogen-bond acceptors (Lipinski definition) is 2. The number of hydrogen-bond donors (Lipinski definition) is 1.